The van der Waals surface area contributed by atoms with Gasteiger partial charge in [0.15, 0.2) is 0 Å². The number of nitrogens with one attached hydrogen (secondary N) is 1. The number of hydrogen-bond donors (Lipinski definition) is 1. The van der Waals surface area contributed by atoms with Crippen LogP contribution in [0.1, 0.15) is 32.1 Å². The van der Waals surface area contributed by atoms with E-state index in [0.29, 0.717) is 43.9 Å². The van der Waals surface area contributed by atoms with Gasteiger partial charge in [-0.05, 0) is 69.0 Å². The summed E-state index contributed by atoms with van der Waals surface area (Å²) in [5.41, 5.74) is 0. The molecule has 2 heterocycles. The predicted octanol–water partition coefficient (Wildman–Crippen LogP) is 2.34. The normalized spacial score (nSPS) is 20.0. The molecular formula is C19H28ClN3O3S. The first-order chi connectivity index (χ1) is 12.9. The van der Waals surface area contributed by atoms with Crippen molar-refractivity contribution in [2.24, 2.45) is 5.92 Å². The average Bonchev–Trinajstić information content (AvgIpc) is 3.16. The molecule has 0 spiro atoms. The number of carbonyl (C=O) groups excluding carboxylic acids is 1. The lowest BCUT2D eigenvalue weighted by molar-refractivity contribution is -0.122. The molecule has 0 aliphatic carbocycles. The number of nitrogens with zero attached hydrogens (tertiary/aromatic N) is 2. The van der Waals surface area contributed by atoms with E-state index in [-0.39, 0.29) is 16.7 Å². The second kappa shape index (κ2) is 9.37. The summed E-state index contributed by atoms with van der Waals surface area (Å²) in [6.45, 7) is 4.80. The number of piperidine rings is 1. The summed E-state index contributed by atoms with van der Waals surface area (Å²) in [5.74, 6) is 0.321. The standard InChI is InChI=1S/C19H28ClN3O3S/c20-17-3-5-18(6-4-17)27(25,26)23-12-7-16(8-13-23)15-19(24)21-9-14-22-10-1-2-11-22/h3-6,16H,1-2,7-15H2,(H,21,24). The molecule has 0 saturated carbocycles. The summed E-state index contributed by atoms with van der Waals surface area (Å²) in [6.07, 6.45) is 4.42. The minimum atomic E-state index is -3.49. The summed E-state index contributed by atoms with van der Waals surface area (Å²) < 4.78 is 26.9. The van der Waals surface area contributed by atoms with Gasteiger partial charge in [0.1, 0.15) is 0 Å². The Morgan fingerprint density at radius 1 is 1.07 bits per heavy atom. The molecule has 1 N–H and O–H groups in total. The summed E-state index contributed by atoms with van der Waals surface area (Å²) in [4.78, 5) is 14.8. The molecule has 0 radical (unpaired) electrons. The van der Waals surface area contributed by atoms with Crippen LogP contribution in [0.5, 0.6) is 0 Å². The molecule has 1 amide bonds. The quantitative estimate of drug-likeness (QED) is 0.744. The first kappa shape index (κ1) is 20.6. The lowest BCUT2D eigenvalue weighted by atomic mass is 9.94. The van der Waals surface area contributed by atoms with E-state index in [9.17, 15) is 13.2 Å². The molecule has 1 aromatic rings. The second-order valence-electron chi connectivity index (χ2n) is 7.40. The van der Waals surface area contributed by atoms with Gasteiger partial charge < -0.3 is 10.2 Å². The van der Waals surface area contributed by atoms with Gasteiger partial charge in [0, 0.05) is 37.6 Å². The minimum absolute atomic E-state index is 0.0770. The van der Waals surface area contributed by atoms with Gasteiger partial charge in [-0.1, -0.05) is 11.6 Å². The highest BCUT2D eigenvalue weighted by Gasteiger charge is 2.30. The van der Waals surface area contributed by atoms with Crippen LogP contribution in [0.3, 0.4) is 0 Å². The zero-order chi connectivity index (χ0) is 19.3. The summed E-state index contributed by atoms with van der Waals surface area (Å²) >= 11 is 5.84. The second-order valence-corrected chi connectivity index (χ2v) is 9.78. The van der Waals surface area contributed by atoms with Crippen molar-refractivity contribution < 1.29 is 13.2 Å². The summed E-state index contributed by atoms with van der Waals surface area (Å²) in [6, 6.07) is 6.26. The third kappa shape index (κ3) is 5.67. The van der Waals surface area contributed by atoms with Crippen molar-refractivity contribution in [2.75, 3.05) is 39.3 Å². The topological polar surface area (TPSA) is 69.7 Å². The number of benzene rings is 1. The molecule has 27 heavy (non-hydrogen) atoms. The molecule has 1 aromatic carbocycles. The van der Waals surface area contributed by atoms with E-state index in [4.69, 9.17) is 11.6 Å². The molecule has 0 bridgehead atoms. The van der Waals surface area contributed by atoms with E-state index in [2.05, 4.69) is 10.2 Å². The maximum absolute atomic E-state index is 12.7. The Hall–Kier alpha value is -1.15. The molecule has 2 aliphatic rings. The lowest BCUT2D eigenvalue weighted by Crippen LogP contribution is -2.40. The van der Waals surface area contributed by atoms with Crippen molar-refractivity contribution in [1.82, 2.24) is 14.5 Å². The van der Waals surface area contributed by atoms with Crippen LogP contribution in [-0.4, -0.2) is 62.8 Å². The van der Waals surface area contributed by atoms with Gasteiger partial charge in [-0.15, -0.1) is 0 Å². The Bertz CT molecular complexity index is 725. The molecule has 2 saturated heterocycles. The SMILES string of the molecule is O=C(CC1CCN(S(=O)(=O)c2ccc(Cl)cc2)CC1)NCCN1CCCC1. The highest BCUT2D eigenvalue weighted by Crippen LogP contribution is 2.26. The Kier molecular flexibility index (Phi) is 7.14. The first-order valence-electron chi connectivity index (χ1n) is 9.70. The van der Waals surface area contributed by atoms with Crippen molar-refractivity contribution in [3.8, 4) is 0 Å². The molecule has 8 heteroatoms. The molecule has 0 aromatic heterocycles. The van der Waals surface area contributed by atoms with Gasteiger partial charge in [-0.3, -0.25) is 4.79 Å². The van der Waals surface area contributed by atoms with Crippen LogP contribution >= 0.6 is 11.6 Å². The van der Waals surface area contributed by atoms with E-state index in [1.807, 2.05) is 0 Å². The van der Waals surface area contributed by atoms with Gasteiger partial charge in [0.2, 0.25) is 15.9 Å². The van der Waals surface area contributed by atoms with Crippen LogP contribution in [0.4, 0.5) is 0 Å². The number of sulfonamides is 1. The number of hydrogen-bond acceptors (Lipinski definition) is 4. The Labute approximate surface area is 166 Å². The van der Waals surface area contributed by atoms with Crippen molar-refractivity contribution in [1.29, 1.82) is 0 Å². The maximum Gasteiger partial charge on any atom is 0.243 e. The smallest absolute Gasteiger partial charge is 0.243 e. The summed E-state index contributed by atoms with van der Waals surface area (Å²) in [5, 5.41) is 3.52. The van der Waals surface area contributed by atoms with Gasteiger partial charge >= 0.3 is 0 Å². The Morgan fingerprint density at radius 2 is 1.70 bits per heavy atom. The molecule has 2 fully saturated rings. The zero-order valence-corrected chi connectivity index (χ0v) is 17.1. The number of carbonyl (C=O) groups is 1. The third-order valence-corrected chi connectivity index (χ3v) is 7.61. The van der Waals surface area contributed by atoms with Crippen LogP contribution in [0.2, 0.25) is 5.02 Å². The predicted molar refractivity (Wildman–Crippen MR) is 106 cm³/mol. The monoisotopic (exact) mass is 413 g/mol. The first-order valence-corrected chi connectivity index (χ1v) is 11.5. The van der Waals surface area contributed by atoms with Crippen LogP contribution in [0.15, 0.2) is 29.2 Å². The van der Waals surface area contributed by atoms with Gasteiger partial charge in [-0.2, -0.15) is 4.31 Å². The van der Waals surface area contributed by atoms with Gasteiger partial charge in [-0.25, -0.2) is 8.42 Å². The van der Waals surface area contributed by atoms with Crippen LogP contribution < -0.4 is 5.32 Å². The van der Waals surface area contributed by atoms with E-state index < -0.39 is 10.0 Å². The zero-order valence-electron chi connectivity index (χ0n) is 15.6. The van der Waals surface area contributed by atoms with Crippen LogP contribution in [0, 0.1) is 5.92 Å². The molecule has 6 nitrogen and oxygen atoms in total. The minimum Gasteiger partial charge on any atom is -0.355 e. The Balaban J connectivity index is 1.41. The highest BCUT2D eigenvalue weighted by atomic mass is 35.5. The van der Waals surface area contributed by atoms with Crippen molar-refractivity contribution in [3.63, 3.8) is 0 Å². The maximum atomic E-state index is 12.7. The highest BCUT2D eigenvalue weighted by molar-refractivity contribution is 7.89. The Morgan fingerprint density at radius 3 is 2.33 bits per heavy atom. The third-order valence-electron chi connectivity index (χ3n) is 5.45. The molecule has 0 unspecified atom stereocenters. The van der Waals surface area contributed by atoms with Crippen molar-refractivity contribution in [3.05, 3.63) is 29.3 Å². The number of rotatable bonds is 7. The largest absolute Gasteiger partial charge is 0.355 e. The van der Waals surface area contributed by atoms with Crippen molar-refractivity contribution in [2.45, 2.75) is 37.0 Å². The number of amides is 1. The van der Waals surface area contributed by atoms with Crippen LogP contribution in [0.25, 0.3) is 0 Å². The van der Waals surface area contributed by atoms with Gasteiger partial charge in [0.25, 0.3) is 0 Å². The average molecular weight is 414 g/mol. The molecular weight excluding hydrogens is 386 g/mol. The number of likely N-dealkylation sites (tertiary alicyclic amines) is 1. The fourth-order valence-corrected chi connectivity index (χ4v) is 5.40. The molecule has 0 atom stereocenters. The van der Waals surface area contributed by atoms with Crippen molar-refractivity contribution >= 4 is 27.5 Å². The van der Waals surface area contributed by atoms with E-state index in [1.165, 1.54) is 29.3 Å². The van der Waals surface area contributed by atoms with Crippen LogP contribution in [-0.2, 0) is 14.8 Å². The van der Waals surface area contributed by atoms with E-state index in [0.717, 1.165) is 19.6 Å². The van der Waals surface area contributed by atoms with E-state index >= 15 is 0 Å². The lowest BCUT2D eigenvalue weighted by Gasteiger charge is -2.31. The number of halogens is 1. The fourth-order valence-electron chi connectivity index (χ4n) is 3.80. The summed E-state index contributed by atoms with van der Waals surface area (Å²) in [7, 11) is -3.49. The fraction of sp³-hybridized carbons (Fsp3) is 0.632. The molecule has 150 valence electrons. The molecule has 2 aliphatic heterocycles. The molecule has 3 rings (SSSR count). The van der Waals surface area contributed by atoms with E-state index in [1.54, 1.807) is 12.1 Å². The van der Waals surface area contributed by atoms with Gasteiger partial charge in [0.05, 0.1) is 4.90 Å².